The summed E-state index contributed by atoms with van der Waals surface area (Å²) in [5.74, 6) is 0.243. The first-order valence-electron chi connectivity index (χ1n) is 3.87. The zero-order valence-electron chi connectivity index (χ0n) is 6.84. The van der Waals surface area contributed by atoms with Crippen LogP contribution >= 0.6 is 0 Å². The first-order chi connectivity index (χ1) is 5.22. The van der Waals surface area contributed by atoms with Crippen LogP contribution in [-0.2, 0) is 4.74 Å². The lowest BCUT2D eigenvalue weighted by molar-refractivity contribution is 0.0314. The van der Waals surface area contributed by atoms with Crippen LogP contribution in [0.25, 0.3) is 0 Å². The van der Waals surface area contributed by atoms with E-state index in [9.17, 15) is 0 Å². The third-order valence-electron chi connectivity index (χ3n) is 2.04. The predicted octanol–water partition coefficient (Wildman–Crippen LogP) is -0.357. The van der Waals surface area contributed by atoms with Crippen molar-refractivity contribution >= 4 is 5.84 Å². The molecular weight excluding hydrogens is 142 g/mol. The summed E-state index contributed by atoms with van der Waals surface area (Å²) in [6.07, 6.45) is 0. The van der Waals surface area contributed by atoms with Gasteiger partial charge in [-0.15, -0.1) is 0 Å². The fourth-order valence-electron chi connectivity index (χ4n) is 1.16. The number of morpholine rings is 1. The highest BCUT2D eigenvalue weighted by Gasteiger charge is 2.18. The lowest BCUT2D eigenvalue weighted by Crippen LogP contribution is -2.47. The molecule has 64 valence electrons. The van der Waals surface area contributed by atoms with Gasteiger partial charge in [0.05, 0.1) is 19.3 Å². The SMILES string of the molecule is CC(C(=N)N)N1CCOCC1. The van der Waals surface area contributed by atoms with E-state index in [1.54, 1.807) is 0 Å². The van der Waals surface area contributed by atoms with E-state index in [4.69, 9.17) is 15.9 Å². The molecule has 1 rings (SSSR count). The van der Waals surface area contributed by atoms with Crippen molar-refractivity contribution in [1.82, 2.24) is 4.90 Å². The van der Waals surface area contributed by atoms with Crippen molar-refractivity contribution in [2.75, 3.05) is 26.3 Å². The molecule has 0 spiro atoms. The van der Waals surface area contributed by atoms with E-state index in [0.29, 0.717) is 0 Å². The molecule has 11 heavy (non-hydrogen) atoms. The molecule has 0 amide bonds. The molecule has 3 N–H and O–H groups in total. The molecule has 1 heterocycles. The maximum atomic E-state index is 7.23. The van der Waals surface area contributed by atoms with Gasteiger partial charge in [0, 0.05) is 13.1 Å². The Kier molecular flexibility index (Phi) is 2.84. The largest absolute Gasteiger partial charge is 0.386 e. The molecule has 1 aliphatic rings. The molecule has 1 aliphatic heterocycles. The van der Waals surface area contributed by atoms with Crippen LogP contribution in [0.2, 0.25) is 0 Å². The van der Waals surface area contributed by atoms with E-state index >= 15 is 0 Å². The predicted molar refractivity (Wildman–Crippen MR) is 43.8 cm³/mol. The summed E-state index contributed by atoms with van der Waals surface area (Å²) in [7, 11) is 0. The molecule has 0 aromatic heterocycles. The molecule has 4 nitrogen and oxygen atoms in total. The number of hydrogen-bond acceptors (Lipinski definition) is 3. The van der Waals surface area contributed by atoms with E-state index in [2.05, 4.69) is 4.90 Å². The average Bonchev–Trinajstić information content (AvgIpc) is 2.05. The number of nitrogens with one attached hydrogen (secondary N) is 1. The smallest absolute Gasteiger partial charge is 0.108 e. The van der Waals surface area contributed by atoms with Crippen molar-refractivity contribution in [1.29, 1.82) is 5.41 Å². The molecule has 1 fully saturated rings. The summed E-state index contributed by atoms with van der Waals surface area (Å²) in [6.45, 7) is 5.25. The lowest BCUT2D eigenvalue weighted by Gasteiger charge is -2.31. The third-order valence-corrected chi connectivity index (χ3v) is 2.04. The quantitative estimate of drug-likeness (QED) is 0.425. The molecule has 0 saturated carbocycles. The van der Waals surface area contributed by atoms with Gasteiger partial charge >= 0.3 is 0 Å². The van der Waals surface area contributed by atoms with Gasteiger partial charge in [0.2, 0.25) is 0 Å². The maximum absolute atomic E-state index is 7.23. The first-order valence-corrected chi connectivity index (χ1v) is 3.87. The van der Waals surface area contributed by atoms with Crippen molar-refractivity contribution in [3.63, 3.8) is 0 Å². The first kappa shape index (κ1) is 8.49. The minimum Gasteiger partial charge on any atom is -0.386 e. The van der Waals surface area contributed by atoms with Crippen molar-refractivity contribution in [3.05, 3.63) is 0 Å². The molecule has 0 bridgehead atoms. The van der Waals surface area contributed by atoms with Crippen LogP contribution in [0.15, 0.2) is 0 Å². The number of hydrogen-bond donors (Lipinski definition) is 2. The van der Waals surface area contributed by atoms with Crippen LogP contribution in [0.3, 0.4) is 0 Å². The Labute approximate surface area is 66.8 Å². The molecule has 1 saturated heterocycles. The molecule has 0 radical (unpaired) electrons. The Morgan fingerprint density at radius 1 is 1.55 bits per heavy atom. The van der Waals surface area contributed by atoms with Gasteiger partial charge < -0.3 is 10.5 Å². The van der Waals surface area contributed by atoms with Crippen molar-refractivity contribution < 1.29 is 4.74 Å². The van der Waals surface area contributed by atoms with Gasteiger partial charge in [0.1, 0.15) is 5.84 Å². The van der Waals surface area contributed by atoms with Crippen molar-refractivity contribution in [2.45, 2.75) is 13.0 Å². The summed E-state index contributed by atoms with van der Waals surface area (Å²) in [5, 5.41) is 7.23. The number of amidine groups is 1. The molecule has 1 atom stereocenters. The highest BCUT2D eigenvalue weighted by Crippen LogP contribution is 2.02. The van der Waals surface area contributed by atoms with Gasteiger partial charge in [-0.25, -0.2) is 0 Å². The number of ether oxygens (including phenoxy) is 1. The van der Waals surface area contributed by atoms with Crippen LogP contribution in [0.1, 0.15) is 6.92 Å². The Morgan fingerprint density at radius 2 is 2.09 bits per heavy atom. The summed E-state index contributed by atoms with van der Waals surface area (Å²) in [5.41, 5.74) is 5.37. The van der Waals surface area contributed by atoms with E-state index in [-0.39, 0.29) is 11.9 Å². The monoisotopic (exact) mass is 157 g/mol. The summed E-state index contributed by atoms with van der Waals surface area (Å²) < 4.78 is 5.18. The van der Waals surface area contributed by atoms with E-state index in [1.165, 1.54) is 0 Å². The van der Waals surface area contributed by atoms with Gasteiger partial charge in [-0.3, -0.25) is 10.3 Å². The van der Waals surface area contributed by atoms with E-state index in [0.717, 1.165) is 26.3 Å². The fraction of sp³-hybridized carbons (Fsp3) is 0.857. The van der Waals surface area contributed by atoms with Crippen molar-refractivity contribution in [2.24, 2.45) is 5.73 Å². The topological polar surface area (TPSA) is 62.3 Å². The molecule has 0 aliphatic carbocycles. The second kappa shape index (κ2) is 3.69. The van der Waals surface area contributed by atoms with Gasteiger partial charge in [-0.2, -0.15) is 0 Å². The van der Waals surface area contributed by atoms with Crippen LogP contribution < -0.4 is 5.73 Å². The van der Waals surface area contributed by atoms with Crippen LogP contribution in [0, 0.1) is 5.41 Å². The van der Waals surface area contributed by atoms with E-state index in [1.807, 2.05) is 6.92 Å². The fourth-order valence-corrected chi connectivity index (χ4v) is 1.16. The lowest BCUT2D eigenvalue weighted by atomic mass is 10.2. The highest BCUT2D eigenvalue weighted by atomic mass is 16.5. The molecule has 0 aromatic rings. The molecule has 1 unspecified atom stereocenters. The average molecular weight is 157 g/mol. The number of nitrogens with two attached hydrogens (primary N) is 1. The Bertz CT molecular complexity index is 143. The molecule has 0 aromatic carbocycles. The zero-order valence-corrected chi connectivity index (χ0v) is 6.84. The van der Waals surface area contributed by atoms with Crippen LogP contribution in [0.5, 0.6) is 0 Å². The summed E-state index contributed by atoms with van der Waals surface area (Å²) in [4.78, 5) is 2.16. The summed E-state index contributed by atoms with van der Waals surface area (Å²) in [6, 6.07) is 0.0684. The Morgan fingerprint density at radius 3 is 2.55 bits per heavy atom. The standard InChI is InChI=1S/C7H15N3O/c1-6(7(8)9)10-2-4-11-5-3-10/h6H,2-5H2,1H3,(H3,8,9). The third kappa shape index (κ3) is 2.17. The second-order valence-electron chi connectivity index (χ2n) is 2.78. The zero-order chi connectivity index (χ0) is 8.27. The normalized spacial score (nSPS) is 23.0. The molecular formula is C7H15N3O. The van der Waals surface area contributed by atoms with Crippen LogP contribution in [0.4, 0.5) is 0 Å². The van der Waals surface area contributed by atoms with Gasteiger partial charge in [0.25, 0.3) is 0 Å². The van der Waals surface area contributed by atoms with Crippen molar-refractivity contribution in [3.8, 4) is 0 Å². The summed E-state index contributed by atoms with van der Waals surface area (Å²) >= 11 is 0. The number of rotatable bonds is 2. The maximum Gasteiger partial charge on any atom is 0.108 e. The van der Waals surface area contributed by atoms with Crippen LogP contribution in [-0.4, -0.2) is 43.1 Å². The highest BCUT2D eigenvalue weighted by molar-refractivity contribution is 5.82. The molecule has 4 heteroatoms. The minimum atomic E-state index is 0.0684. The second-order valence-corrected chi connectivity index (χ2v) is 2.78. The van der Waals surface area contributed by atoms with Gasteiger partial charge in [-0.05, 0) is 6.92 Å². The van der Waals surface area contributed by atoms with Gasteiger partial charge in [0.15, 0.2) is 0 Å². The van der Waals surface area contributed by atoms with Gasteiger partial charge in [-0.1, -0.05) is 0 Å². The number of nitrogens with zero attached hydrogens (tertiary/aromatic N) is 1. The van der Waals surface area contributed by atoms with E-state index < -0.39 is 0 Å². The Balaban J connectivity index is 2.38. The Hall–Kier alpha value is -0.610. The minimum absolute atomic E-state index is 0.0684.